The lowest BCUT2D eigenvalue weighted by molar-refractivity contribution is 0.297. The summed E-state index contributed by atoms with van der Waals surface area (Å²) >= 11 is 3.46. The van der Waals surface area contributed by atoms with Crippen molar-refractivity contribution < 1.29 is 9.47 Å². The normalized spacial score (nSPS) is 10.6. The van der Waals surface area contributed by atoms with Crippen LogP contribution in [0.5, 0.6) is 11.5 Å². The van der Waals surface area contributed by atoms with E-state index in [9.17, 15) is 0 Å². The zero-order valence-electron chi connectivity index (χ0n) is 11.5. The van der Waals surface area contributed by atoms with Crippen molar-refractivity contribution in [1.82, 2.24) is 4.98 Å². The van der Waals surface area contributed by atoms with Crippen molar-refractivity contribution >= 4 is 26.8 Å². The minimum absolute atomic E-state index is 0.445. The second-order valence-corrected chi connectivity index (χ2v) is 5.52. The largest absolute Gasteiger partial charge is 0.496 e. The summed E-state index contributed by atoms with van der Waals surface area (Å²) in [6, 6.07) is 15.7. The molecule has 0 aliphatic heterocycles. The van der Waals surface area contributed by atoms with Crippen LogP contribution in [0.4, 0.5) is 0 Å². The molecule has 0 amide bonds. The average Bonchev–Trinajstić information content (AvgIpc) is 2.53. The molecular weight excluding hydrogens is 330 g/mol. The SMILES string of the molecule is COc1ccc(Br)cc1COc1ccc2cccnc2c1. The van der Waals surface area contributed by atoms with Crippen LogP contribution in [0.2, 0.25) is 0 Å². The molecule has 0 aliphatic carbocycles. The number of pyridine rings is 1. The van der Waals surface area contributed by atoms with Gasteiger partial charge in [0.1, 0.15) is 18.1 Å². The van der Waals surface area contributed by atoms with Crippen LogP contribution in [0.1, 0.15) is 5.56 Å². The number of rotatable bonds is 4. The first-order chi connectivity index (χ1) is 10.3. The van der Waals surface area contributed by atoms with E-state index in [0.29, 0.717) is 6.61 Å². The van der Waals surface area contributed by atoms with Crippen LogP contribution in [0, 0.1) is 0 Å². The Morgan fingerprint density at radius 2 is 2.00 bits per heavy atom. The van der Waals surface area contributed by atoms with Crippen molar-refractivity contribution in [3.8, 4) is 11.5 Å². The minimum atomic E-state index is 0.445. The Balaban J connectivity index is 1.81. The van der Waals surface area contributed by atoms with Crippen molar-refractivity contribution in [3.63, 3.8) is 0 Å². The molecule has 0 N–H and O–H groups in total. The maximum absolute atomic E-state index is 5.86. The van der Waals surface area contributed by atoms with Crippen LogP contribution in [0.3, 0.4) is 0 Å². The first kappa shape index (κ1) is 13.9. The van der Waals surface area contributed by atoms with Gasteiger partial charge in [-0.05, 0) is 36.4 Å². The molecule has 0 bridgehead atoms. The molecule has 0 spiro atoms. The highest BCUT2D eigenvalue weighted by Crippen LogP contribution is 2.25. The molecule has 106 valence electrons. The third-order valence-corrected chi connectivity index (χ3v) is 3.71. The summed E-state index contributed by atoms with van der Waals surface area (Å²) < 4.78 is 12.2. The van der Waals surface area contributed by atoms with Gasteiger partial charge in [-0.3, -0.25) is 4.98 Å². The molecule has 0 fully saturated rings. The topological polar surface area (TPSA) is 31.4 Å². The molecule has 0 radical (unpaired) electrons. The molecule has 0 unspecified atom stereocenters. The zero-order valence-corrected chi connectivity index (χ0v) is 13.1. The number of fused-ring (bicyclic) bond motifs is 1. The van der Waals surface area contributed by atoms with Gasteiger partial charge < -0.3 is 9.47 Å². The zero-order chi connectivity index (χ0) is 14.7. The first-order valence-corrected chi connectivity index (χ1v) is 7.35. The summed E-state index contributed by atoms with van der Waals surface area (Å²) in [7, 11) is 1.66. The predicted molar refractivity (Wildman–Crippen MR) is 86.8 cm³/mol. The van der Waals surface area contributed by atoms with E-state index in [2.05, 4.69) is 20.9 Å². The molecule has 3 aromatic rings. The summed E-state index contributed by atoms with van der Waals surface area (Å²) in [5.74, 6) is 1.61. The maximum atomic E-state index is 5.86. The molecule has 1 heterocycles. The fourth-order valence-corrected chi connectivity index (χ4v) is 2.57. The van der Waals surface area contributed by atoms with Gasteiger partial charge >= 0.3 is 0 Å². The Labute approximate surface area is 131 Å². The molecule has 0 saturated carbocycles. The lowest BCUT2D eigenvalue weighted by Gasteiger charge is -2.11. The summed E-state index contributed by atoms with van der Waals surface area (Å²) in [4.78, 5) is 4.33. The highest BCUT2D eigenvalue weighted by Gasteiger charge is 2.05. The van der Waals surface area contributed by atoms with Gasteiger partial charge in [-0.1, -0.05) is 22.0 Å². The number of ether oxygens (including phenoxy) is 2. The quantitative estimate of drug-likeness (QED) is 0.694. The number of nitrogens with zero attached hydrogens (tertiary/aromatic N) is 1. The third-order valence-electron chi connectivity index (χ3n) is 3.21. The predicted octanol–water partition coefficient (Wildman–Crippen LogP) is 4.58. The van der Waals surface area contributed by atoms with Gasteiger partial charge in [0, 0.05) is 27.7 Å². The van der Waals surface area contributed by atoms with Gasteiger partial charge in [-0.15, -0.1) is 0 Å². The van der Waals surface area contributed by atoms with E-state index in [1.54, 1.807) is 13.3 Å². The number of methoxy groups -OCH3 is 1. The summed E-state index contributed by atoms with van der Waals surface area (Å²) in [6.45, 7) is 0.445. The van der Waals surface area contributed by atoms with E-state index in [0.717, 1.165) is 32.4 Å². The van der Waals surface area contributed by atoms with E-state index in [-0.39, 0.29) is 0 Å². The van der Waals surface area contributed by atoms with Crippen LogP contribution in [0.15, 0.2) is 59.2 Å². The summed E-state index contributed by atoms with van der Waals surface area (Å²) in [6.07, 6.45) is 1.78. The van der Waals surface area contributed by atoms with Crippen LogP contribution in [0.25, 0.3) is 10.9 Å². The fraction of sp³-hybridized carbons (Fsp3) is 0.118. The Kier molecular flexibility index (Phi) is 4.06. The lowest BCUT2D eigenvalue weighted by atomic mass is 10.2. The van der Waals surface area contributed by atoms with Gasteiger partial charge in [-0.2, -0.15) is 0 Å². The highest BCUT2D eigenvalue weighted by molar-refractivity contribution is 9.10. The van der Waals surface area contributed by atoms with Crippen molar-refractivity contribution in [2.45, 2.75) is 6.61 Å². The van der Waals surface area contributed by atoms with E-state index in [1.807, 2.05) is 48.5 Å². The molecule has 2 aromatic carbocycles. The van der Waals surface area contributed by atoms with E-state index in [1.165, 1.54) is 0 Å². The second kappa shape index (κ2) is 6.14. The minimum Gasteiger partial charge on any atom is -0.496 e. The van der Waals surface area contributed by atoms with Gasteiger partial charge in [0.25, 0.3) is 0 Å². The summed E-state index contributed by atoms with van der Waals surface area (Å²) in [5.41, 5.74) is 1.92. The Bertz CT molecular complexity index is 774. The van der Waals surface area contributed by atoms with Crippen LogP contribution < -0.4 is 9.47 Å². The molecular formula is C17H14BrNO2. The Morgan fingerprint density at radius 3 is 2.86 bits per heavy atom. The van der Waals surface area contributed by atoms with Gasteiger partial charge in [0.2, 0.25) is 0 Å². The first-order valence-electron chi connectivity index (χ1n) is 6.56. The fourth-order valence-electron chi connectivity index (χ4n) is 2.16. The molecule has 1 aromatic heterocycles. The van der Waals surface area contributed by atoms with Crippen LogP contribution in [-0.4, -0.2) is 12.1 Å². The van der Waals surface area contributed by atoms with Crippen molar-refractivity contribution in [2.75, 3.05) is 7.11 Å². The molecule has 0 aliphatic rings. The van der Waals surface area contributed by atoms with E-state index in [4.69, 9.17) is 9.47 Å². The van der Waals surface area contributed by atoms with Crippen LogP contribution in [-0.2, 0) is 6.61 Å². The van der Waals surface area contributed by atoms with Crippen molar-refractivity contribution in [3.05, 3.63) is 64.8 Å². The number of hydrogen-bond donors (Lipinski definition) is 0. The molecule has 0 atom stereocenters. The molecule has 3 rings (SSSR count). The monoisotopic (exact) mass is 343 g/mol. The number of halogens is 1. The maximum Gasteiger partial charge on any atom is 0.125 e. The number of benzene rings is 2. The Morgan fingerprint density at radius 1 is 1.10 bits per heavy atom. The lowest BCUT2D eigenvalue weighted by Crippen LogP contribution is -1.99. The van der Waals surface area contributed by atoms with E-state index < -0.39 is 0 Å². The van der Waals surface area contributed by atoms with Crippen molar-refractivity contribution in [1.29, 1.82) is 0 Å². The standard InChI is InChI=1S/C17H14BrNO2/c1-20-17-7-5-14(18)9-13(17)11-21-15-6-4-12-3-2-8-19-16(12)10-15/h2-10H,11H2,1H3. The van der Waals surface area contributed by atoms with Gasteiger partial charge in [-0.25, -0.2) is 0 Å². The van der Waals surface area contributed by atoms with Gasteiger partial charge in [0.05, 0.1) is 12.6 Å². The third kappa shape index (κ3) is 3.16. The second-order valence-electron chi connectivity index (χ2n) is 4.60. The van der Waals surface area contributed by atoms with Gasteiger partial charge in [0.15, 0.2) is 0 Å². The average molecular weight is 344 g/mol. The molecule has 21 heavy (non-hydrogen) atoms. The smallest absolute Gasteiger partial charge is 0.125 e. The molecule has 3 nitrogen and oxygen atoms in total. The molecule has 0 saturated heterocycles. The van der Waals surface area contributed by atoms with Crippen molar-refractivity contribution in [2.24, 2.45) is 0 Å². The number of aromatic nitrogens is 1. The number of hydrogen-bond acceptors (Lipinski definition) is 3. The summed E-state index contributed by atoms with van der Waals surface area (Å²) in [5, 5.41) is 1.10. The van der Waals surface area contributed by atoms with Crippen LogP contribution >= 0.6 is 15.9 Å². The van der Waals surface area contributed by atoms with E-state index >= 15 is 0 Å². The Hall–Kier alpha value is -2.07. The molecule has 4 heteroatoms. The highest BCUT2D eigenvalue weighted by atomic mass is 79.9.